The van der Waals surface area contributed by atoms with E-state index in [4.69, 9.17) is 4.74 Å². The summed E-state index contributed by atoms with van der Waals surface area (Å²) in [5, 5.41) is 1.33. The van der Waals surface area contributed by atoms with Crippen molar-refractivity contribution in [2.75, 3.05) is 19.7 Å². The van der Waals surface area contributed by atoms with Crippen LogP contribution >= 0.6 is 11.8 Å². The van der Waals surface area contributed by atoms with Crippen molar-refractivity contribution < 1.29 is 4.74 Å². The third kappa shape index (κ3) is 4.03. The third-order valence-electron chi connectivity index (χ3n) is 6.18. The predicted octanol–water partition coefficient (Wildman–Crippen LogP) is 6.61. The first-order valence-corrected chi connectivity index (χ1v) is 11.9. The van der Waals surface area contributed by atoms with Crippen LogP contribution in [0, 0.1) is 5.92 Å². The van der Waals surface area contributed by atoms with Crippen molar-refractivity contribution in [1.29, 1.82) is 0 Å². The van der Waals surface area contributed by atoms with Gasteiger partial charge in [-0.25, -0.2) is 0 Å². The number of nitrogens with one attached hydrogen (secondary N) is 1. The van der Waals surface area contributed by atoms with Gasteiger partial charge >= 0.3 is 0 Å². The van der Waals surface area contributed by atoms with Crippen molar-refractivity contribution in [1.82, 2.24) is 9.88 Å². The van der Waals surface area contributed by atoms with Gasteiger partial charge in [-0.05, 0) is 67.6 Å². The Hall–Kier alpha value is -2.17. The number of para-hydroxylation sites is 1. The highest BCUT2D eigenvalue weighted by atomic mass is 32.2. The molecule has 1 aromatic heterocycles. The Balaban J connectivity index is 1.42. The smallest absolute Gasteiger partial charge is 0.133 e. The van der Waals surface area contributed by atoms with Crippen LogP contribution in [0.3, 0.4) is 0 Å². The summed E-state index contributed by atoms with van der Waals surface area (Å²) in [5.41, 5.74) is 4.10. The molecule has 2 aromatic carbocycles. The molecule has 2 aliphatic rings. The second-order valence-electron chi connectivity index (χ2n) is 8.89. The summed E-state index contributed by atoms with van der Waals surface area (Å²) in [7, 11) is 0. The molecule has 156 valence electrons. The van der Waals surface area contributed by atoms with Crippen LogP contribution in [0.1, 0.15) is 38.7 Å². The maximum atomic E-state index is 6.06. The molecule has 5 rings (SSSR count). The first-order chi connectivity index (χ1) is 14.7. The first kappa shape index (κ1) is 19.8. The van der Waals surface area contributed by atoms with Crippen molar-refractivity contribution in [3.8, 4) is 5.75 Å². The molecule has 1 N–H and O–H groups in total. The third-order valence-corrected chi connectivity index (χ3v) is 7.22. The average Bonchev–Trinajstić information content (AvgIpc) is 3.39. The minimum atomic E-state index is 0.515. The van der Waals surface area contributed by atoms with Crippen LogP contribution < -0.4 is 4.74 Å². The molecule has 3 nitrogen and oxygen atoms in total. The Kier molecular flexibility index (Phi) is 5.62. The lowest BCUT2D eigenvalue weighted by atomic mass is 9.94. The molecule has 0 radical (unpaired) electrons. The van der Waals surface area contributed by atoms with Gasteiger partial charge in [0.05, 0.1) is 11.5 Å². The van der Waals surface area contributed by atoms with Gasteiger partial charge in [-0.15, -0.1) is 0 Å². The summed E-state index contributed by atoms with van der Waals surface area (Å²) < 4.78 is 6.06. The van der Waals surface area contributed by atoms with E-state index in [0.717, 1.165) is 24.9 Å². The van der Waals surface area contributed by atoms with E-state index in [1.807, 2.05) is 0 Å². The fourth-order valence-corrected chi connectivity index (χ4v) is 5.56. The van der Waals surface area contributed by atoms with Crippen LogP contribution in [-0.2, 0) is 0 Å². The van der Waals surface area contributed by atoms with E-state index in [0.29, 0.717) is 5.92 Å². The normalized spacial score (nSPS) is 19.3. The Morgan fingerprint density at radius 2 is 2.10 bits per heavy atom. The van der Waals surface area contributed by atoms with E-state index in [2.05, 4.69) is 78.5 Å². The van der Waals surface area contributed by atoms with Gasteiger partial charge in [0, 0.05) is 40.1 Å². The highest BCUT2D eigenvalue weighted by Gasteiger charge is 2.28. The Morgan fingerprint density at radius 3 is 3.00 bits per heavy atom. The topological polar surface area (TPSA) is 28.3 Å². The number of benzene rings is 2. The van der Waals surface area contributed by atoms with Gasteiger partial charge in [0.15, 0.2) is 0 Å². The van der Waals surface area contributed by atoms with Gasteiger partial charge in [0.2, 0.25) is 0 Å². The second kappa shape index (κ2) is 8.52. The van der Waals surface area contributed by atoms with Gasteiger partial charge in [0.25, 0.3) is 0 Å². The van der Waals surface area contributed by atoms with E-state index in [9.17, 15) is 0 Å². The van der Waals surface area contributed by atoms with E-state index < -0.39 is 0 Å². The monoisotopic (exact) mass is 418 g/mol. The molecule has 1 saturated heterocycles. The molecule has 1 fully saturated rings. The van der Waals surface area contributed by atoms with Crippen LogP contribution in [0.15, 0.2) is 64.5 Å². The first-order valence-electron chi connectivity index (χ1n) is 11.1. The molecule has 2 aliphatic heterocycles. The zero-order chi connectivity index (χ0) is 20.5. The molecule has 3 heterocycles. The largest absolute Gasteiger partial charge is 0.492 e. The van der Waals surface area contributed by atoms with Crippen LogP contribution in [0.25, 0.3) is 16.5 Å². The highest BCUT2D eigenvalue weighted by molar-refractivity contribution is 7.99. The predicted molar refractivity (Wildman–Crippen MR) is 126 cm³/mol. The number of aromatic amines is 1. The van der Waals surface area contributed by atoms with Gasteiger partial charge in [-0.1, -0.05) is 43.8 Å². The molecule has 0 aliphatic carbocycles. The summed E-state index contributed by atoms with van der Waals surface area (Å²) in [6.45, 7) is 7.47. The van der Waals surface area contributed by atoms with Crippen molar-refractivity contribution in [2.24, 2.45) is 5.92 Å². The molecule has 4 heteroatoms. The minimum Gasteiger partial charge on any atom is -0.492 e. The zero-order valence-corrected chi connectivity index (χ0v) is 18.7. The lowest BCUT2D eigenvalue weighted by molar-refractivity contribution is 0.265. The lowest BCUT2D eigenvalue weighted by Crippen LogP contribution is -2.32. The van der Waals surface area contributed by atoms with Crippen molar-refractivity contribution >= 4 is 28.2 Å². The van der Waals surface area contributed by atoms with Gasteiger partial charge in [-0.2, -0.15) is 0 Å². The van der Waals surface area contributed by atoms with Crippen LogP contribution in [0.5, 0.6) is 5.75 Å². The van der Waals surface area contributed by atoms with Crippen molar-refractivity contribution in [2.45, 2.75) is 48.9 Å². The standard InChI is InChI=1S/C26H30N2OS/c1-18(2)17-29-25-7-3-4-8-26(25)30-21-9-10-24-22(15-21)23(16-27-24)19-11-13-28-12-5-6-20(28)14-19/h3-4,7-11,15-16,18,20,27H,5-6,12-14,17H2,1-2H3. The number of rotatable bonds is 6. The highest BCUT2D eigenvalue weighted by Crippen LogP contribution is 2.39. The lowest BCUT2D eigenvalue weighted by Gasteiger charge is -2.29. The molecular formula is C26H30N2OS. The molecule has 3 aromatic rings. The molecule has 0 amide bonds. The number of nitrogens with zero attached hydrogens (tertiary/aromatic N) is 1. The molecule has 1 unspecified atom stereocenters. The summed E-state index contributed by atoms with van der Waals surface area (Å²) in [6.07, 6.45) is 8.51. The van der Waals surface area contributed by atoms with Crippen LogP contribution in [-0.4, -0.2) is 35.6 Å². The molecule has 0 saturated carbocycles. The Labute approximate surface area is 183 Å². The molecule has 0 bridgehead atoms. The molecular weight excluding hydrogens is 388 g/mol. The average molecular weight is 419 g/mol. The van der Waals surface area contributed by atoms with E-state index in [-0.39, 0.29) is 0 Å². The molecule has 1 atom stereocenters. The number of fused-ring (bicyclic) bond motifs is 2. The molecule has 30 heavy (non-hydrogen) atoms. The number of hydrogen-bond acceptors (Lipinski definition) is 3. The minimum absolute atomic E-state index is 0.515. The maximum absolute atomic E-state index is 6.06. The molecule has 0 spiro atoms. The second-order valence-corrected chi connectivity index (χ2v) is 10.0. The van der Waals surface area contributed by atoms with E-state index >= 15 is 0 Å². The number of aromatic nitrogens is 1. The SMILES string of the molecule is CC(C)COc1ccccc1Sc1ccc2[nH]cc(C3=CCN4CCCC4C3)c2c1. The Bertz CT molecular complexity index is 1070. The van der Waals surface area contributed by atoms with Gasteiger partial charge < -0.3 is 9.72 Å². The number of H-pyrrole nitrogens is 1. The summed E-state index contributed by atoms with van der Waals surface area (Å²) in [4.78, 5) is 8.55. The van der Waals surface area contributed by atoms with Crippen LogP contribution in [0.2, 0.25) is 0 Å². The van der Waals surface area contributed by atoms with Crippen molar-refractivity contribution in [3.05, 3.63) is 60.3 Å². The van der Waals surface area contributed by atoms with Crippen molar-refractivity contribution in [3.63, 3.8) is 0 Å². The van der Waals surface area contributed by atoms with E-state index in [1.165, 1.54) is 57.6 Å². The fraction of sp³-hybridized carbons (Fsp3) is 0.385. The van der Waals surface area contributed by atoms with Gasteiger partial charge in [-0.3, -0.25) is 4.90 Å². The maximum Gasteiger partial charge on any atom is 0.133 e. The summed E-state index contributed by atoms with van der Waals surface area (Å²) in [5.74, 6) is 1.49. The Morgan fingerprint density at radius 1 is 1.20 bits per heavy atom. The summed E-state index contributed by atoms with van der Waals surface area (Å²) in [6, 6.07) is 15.9. The van der Waals surface area contributed by atoms with Gasteiger partial charge in [0.1, 0.15) is 5.75 Å². The number of ether oxygens (including phenoxy) is 1. The number of hydrogen-bond donors (Lipinski definition) is 1. The fourth-order valence-electron chi connectivity index (χ4n) is 4.62. The van der Waals surface area contributed by atoms with Crippen LogP contribution in [0.4, 0.5) is 0 Å². The quantitative estimate of drug-likeness (QED) is 0.488. The summed E-state index contributed by atoms with van der Waals surface area (Å²) >= 11 is 1.79. The van der Waals surface area contributed by atoms with E-state index in [1.54, 1.807) is 11.8 Å². The zero-order valence-electron chi connectivity index (χ0n) is 17.9.